The molecule has 0 aromatic heterocycles. The van der Waals surface area contributed by atoms with Crippen LogP contribution in [0.25, 0.3) is 0 Å². The van der Waals surface area contributed by atoms with Gasteiger partial charge in [0.1, 0.15) is 5.75 Å². The second kappa shape index (κ2) is 7.15. The van der Waals surface area contributed by atoms with Crippen LogP contribution in [0.15, 0.2) is 53.4 Å². The van der Waals surface area contributed by atoms with Gasteiger partial charge in [-0.3, -0.25) is 14.9 Å². The number of thioether (sulfide) groups is 1. The first kappa shape index (κ1) is 15.4. The Hall–Kier alpha value is -1.98. The van der Waals surface area contributed by atoms with Crippen molar-refractivity contribution in [3.05, 3.63) is 59.1 Å². The molecule has 2 aromatic carbocycles. The third-order valence-corrected chi connectivity index (χ3v) is 3.83. The number of halogens is 1. The number of carbonyl (C=O) groups is 2. The van der Waals surface area contributed by atoms with Gasteiger partial charge < -0.3 is 5.11 Å². The summed E-state index contributed by atoms with van der Waals surface area (Å²) >= 11 is 7.01. The second-order valence-electron chi connectivity index (χ2n) is 4.17. The standard InChI is InChI=1S/C15H12ClNO3S/c16-11-3-1-10(2-4-11)15(20)17-14(19)9-21-13-7-5-12(18)6-8-13/h1-8,18H,9H2,(H,17,19,20). The largest absolute Gasteiger partial charge is 0.508 e. The maximum Gasteiger partial charge on any atom is 0.257 e. The van der Waals surface area contributed by atoms with Crippen molar-refractivity contribution >= 4 is 35.2 Å². The number of rotatable bonds is 4. The molecule has 0 atom stereocenters. The molecular weight excluding hydrogens is 310 g/mol. The fourth-order valence-electron chi connectivity index (χ4n) is 1.53. The lowest BCUT2D eigenvalue weighted by Crippen LogP contribution is -2.31. The van der Waals surface area contributed by atoms with E-state index in [1.54, 1.807) is 48.5 Å². The van der Waals surface area contributed by atoms with Crippen molar-refractivity contribution in [1.29, 1.82) is 0 Å². The Morgan fingerprint density at radius 3 is 2.29 bits per heavy atom. The zero-order chi connectivity index (χ0) is 15.2. The third-order valence-electron chi connectivity index (χ3n) is 2.57. The van der Waals surface area contributed by atoms with E-state index in [9.17, 15) is 9.59 Å². The predicted molar refractivity (Wildman–Crippen MR) is 82.8 cm³/mol. The van der Waals surface area contributed by atoms with Crippen LogP contribution in [0.2, 0.25) is 5.02 Å². The van der Waals surface area contributed by atoms with Crippen molar-refractivity contribution in [2.24, 2.45) is 0 Å². The minimum absolute atomic E-state index is 0.115. The molecule has 0 aliphatic carbocycles. The van der Waals surface area contributed by atoms with Crippen LogP contribution >= 0.6 is 23.4 Å². The van der Waals surface area contributed by atoms with Crippen LogP contribution < -0.4 is 5.32 Å². The molecule has 21 heavy (non-hydrogen) atoms. The summed E-state index contributed by atoms with van der Waals surface area (Å²) in [5.41, 5.74) is 0.377. The molecule has 0 bridgehead atoms. The highest BCUT2D eigenvalue weighted by Gasteiger charge is 2.10. The molecule has 0 unspecified atom stereocenters. The number of nitrogens with one attached hydrogen (secondary N) is 1. The van der Waals surface area contributed by atoms with Crippen molar-refractivity contribution in [3.8, 4) is 5.75 Å². The lowest BCUT2D eigenvalue weighted by molar-refractivity contribution is -0.117. The number of imide groups is 1. The van der Waals surface area contributed by atoms with Gasteiger partial charge in [0.15, 0.2) is 0 Å². The van der Waals surface area contributed by atoms with Gasteiger partial charge in [0.25, 0.3) is 5.91 Å². The highest BCUT2D eigenvalue weighted by Crippen LogP contribution is 2.20. The maximum atomic E-state index is 11.8. The first-order chi connectivity index (χ1) is 10.0. The van der Waals surface area contributed by atoms with E-state index in [1.165, 1.54) is 11.8 Å². The first-order valence-electron chi connectivity index (χ1n) is 6.06. The summed E-state index contributed by atoms with van der Waals surface area (Å²) in [6, 6.07) is 12.8. The SMILES string of the molecule is O=C(CSc1ccc(O)cc1)NC(=O)c1ccc(Cl)cc1. The summed E-state index contributed by atoms with van der Waals surface area (Å²) in [6.07, 6.45) is 0. The Labute approximate surface area is 131 Å². The van der Waals surface area contributed by atoms with E-state index in [4.69, 9.17) is 16.7 Å². The van der Waals surface area contributed by atoms with Crippen LogP contribution in [0.1, 0.15) is 10.4 Å². The average molecular weight is 322 g/mol. The molecule has 2 amide bonds. The van der Waals surface area contributed by atoms with Crippen molar-refractivity contribution in [3.63, 3.8) is 0 Å². The normalized spacial score (nSPS) is 10.1. The number of carbonyl (C=O) groups excluding carboxylic acids is 2. The molecule has 2 N–H and O–H groups in total. The summed E-state index contributed by atoms with van der Waals surface area (Å²) in [5.74, 6) is -0.554. The highest BCUT2D eigenvalue weighted by molar-refractivity contribution is 8.00. The van der Waals surface area contributed by atoms with Crippen LogP contribution in [0.4, 0.5) is 0 Å². The Balaban J connectivity index is 1.85. The molecule has 2 aromatic rings. The molecule has 0 radical (unpaired) electrons. The van der Waals surface area contributed by atoms with E-state index in [0.29, 0.717) is 10.6 Å². The Bertz CT molecular complexity index is 641. The summed E-state index contributed by atoms with van der Waals surface area (Å²) in [4.78, 5) is 24.3. The number of aromatic hydroxyl groups is 1. The molecular formula is C15H12ClNO3S. The number of hydrogen-bond donors (Lipinski definition) is 2. The number of hydrogen-bond acceptors (Lipinski definition) is 4. The predicted octanol–water partition coefficient (Wildman–Crippen LogP) is 3.09. The summed E-state index contributed by atoms with van der Waals surface area (Å²) in [5, 5.41) is 12.0. The van der Waals surface area contributed by atoms with Gasteiger partial charge in [-0.25, -0.2) is 0 Å². The van der Waals surface area contributed by atoms with E-state index in [0.717, 1.165) is 4.90 Å². The van der Waals surface area contributed by atoms with Crippen LogP contribution in [0, 0.1) is 0 Å². The Morgan fingerprint density at radius 2 is 1.67 bits per heavy atom. The van der Waals surface area contributed by atoms with E-state index in [2.05, 4.69) is 5.32 Å². The van der Waals surface area contributed by atoms with Crippen LogP contribution in [-0.4, -0.2) is 22.7 Å². The Kier molecular flexibility index (Phi) is 5.25. The van der Waals surface area contributed by atoms with Gasteiger partial charge in [-0.15, -0.1) is 11.8 Å². The molecule has 4 nitrogen and oxygen atoms in total. The molecule has 0 fully saturated rings. The van der Waals surface area contributed by atoms with Gasteiger partial charge in [0, 0.05) is 15.5 Å². The summed E-state index contributed by atoms with van der Waals surface area (Å²) in [7, 11) is 0. The van der Waals surface area contributed by atoms with E-state index < -0.39 is 5.91 Å². The van der Waals surface area contributed by atoms with E-state index in [-0.39, 0.29) is 17.4 Å². The van der Waals surface area contributed by atoms with Gasteiger partial charge in [-0.2, -0.15) is 0 Å². The zero-order valence-corrected chi connectivity index (χ0v) is 12.4. The highest BCUT2D eigenvalue weighted by atomic mass is 35.5. The molecule has 0 aliphatic heterocycles. The van der Waals surface area contributed by atoms with Crippen LogP contribution in [-0.2, 0) is 4.79 Å². The summed E-state index contributed by atoms with van der Waals surface area (Å²) < 4.78 is 0. The van der Waals surface area contributed by atoms with Gasteiger partial charge in [0.2, 0.25) is 5.91 Å². The maximum absolute atomic E-state index is 11.8. The molecule has 2 rings (SSSR count). The van der Waals surface area contributed by atoms with Gasteiger partial charge in [0.05, 0.1) is 5.75 Å². The number of benzene rings is 2. The third kappa shape index (κ3) is 4.81. The topological polar surface area (TPSA) is 66.4 Å². The van der Waals surface area contributed by atoms with Crippen molar-refractivity contribution in [2.75, 3.05) is 5.75 Å². The lowest BCUT2D eigenvalue weighted by Gasteiger charge is -2.04. The monoisotopic (exact) mass is 321 g/mol. The molecule has 0 heterocycles. The lowest BCUT2D eigenvalue weighted by atomic mass is 10.2. The molecule has 6 heteroatoms. The minimum atomic E-state index is -0.456. The molecule has 0 saturated heterocycles. The smallest absolute Gasteiger partial charge is 0.257 e. The van der Waals surface area contributed by atoms with Crippen LogP contribution in [0.5, 0.6) is 5.75 Å². The van der Waals surface area contributed by atoms with Gasteiger partial charge >= 0.3 is 0 Å². The zero-order valence-electron chi connectivity index (χ0n) is 10.9. The molecule has 108 valence electrons. The van der Waals surface area contributed by atoms with E-state index >= 15 is 0 Å². The van der Waals surface area contributed by atoms with Crippen molar-refractivity contribution in [1.82, 2.24) is 5.32 Å². The van der Waals surface area contributed by atoms with Crippen LogP contribution in [0.3, 0.4) is 0 Å². The second-order valence-corrected chi connectivity index (χ2v) is 5.65. The van der Waals surface area contributed by atoms with Gasteiger partial charge in [-0.05, 0) is 48.5 Å². The quantitative estimate of drug-likeness (QED) is 0.849. The minimum Gasteiger partial charge on any atom is -0.508 e. The van der Waals surface area contributed by atoms with Crippen molar-refractivity contribution < 1.29 is 14.7 Å². The van der Waals surface area contributed by atoms with Crippen molar-refractivity contribution in [2.45, 2.75) is 4.90 Å². The summed E-state index contributed by atoms with van der Waals surface area (Å²) in [6.45, 7) is 0. The fraction of sp³-hybridized carbons (Fsp3) is 0.0667. The molecule has 0 saturated carbocycles. The molecule has 0 aliphatic rings. The van der Waals surface area contributed by atoms with Gasteiger partial charge in [-0.1, -0.05) is 11.6 Å². The average Bonchev–Trinajstić information content (AvgIpc) is 2.47. The molecule has 0 spiro atoms. The first-order valence-corrected chi connectivity index (χ1v) is 7.42. The fourth-order valence-corrected chi connectivity index (χ4v) is 2.35. The number of phenolic OH excluding ortho intramolecular Hbond substituents is 1. The number of phenols is 1. The van der Waals surface area contributed by atoms with E-state index in [1.807, 2.05) is 0 Å². The number of amides is 2. The Morgan fingerprint density at radius 1 is 1.05 bits per heavy atom.